The number of methoxy groups -OCH3 is 1. The lowest BCUT2D eigenvalue weighted by Gasteiger charge is -2.07. The Morgan fingerprint density at radius 1 is 1.50 bits per heavy atom. The molecule has 2 nitrogen and oxygen atoms in total. The van der Waals surface area contributed by atoms with Crippen molar-refractivity contribution in [1.82, 2.24) is 0 Å². The molecule has 0 aliphatic heterocycles. The normalized spacial score (nSPS) is 10.8. The first kappa shape index (κ1) is 9.80. The van der Waals surface area contributed by atoms with Gasteiger partial charge >= 0.3 is 0 Å². The van der Waals surface area contributed by atoms with Crippen molar-refractivity contribution in [2.75, 3.05) is 7.11 Å². The summed E-state index contributed by atoms with van der Waals surface area (Å²) in [6.45, 7) is 1.98. The van der Waals surface area contributed by atoms with E-state index in [2.05, 4.69) is 15.9 Å². The van der Waals surface area contributed by atoms with Gasteiger partial charge in [0.15, 0.2) is 11.5 Å². The van der Waals surface area contributed by atoms with Crippen LogP contribution in [0.5, 0.6) is 11.5 Å². The predicted octanol–water partition coefficient (Wildman–Crippen LogP) is 3.69. The molecule has 0 aliphatic rings. The Hall–Kier alpha value is -0.740. The summed E-state index contributed by atoms with van der Waals surface area (Å²) in [5.41, 5.74) is 1.08. The van der Waals surface area contributed by atoms with Crippen LogP contribution in [0.15, 0.2) is 15.9 Å². The topological polar surface area (TPSA) is 29.5 Å². The summed E-state index contributed by atoms with van der Waals surface area (Å²) in [7, 11) is 1.55. The maximum Gasteiger partial charge on any atom is 0.175 e. The maximum atomic E-state index is 9.95. The third-order valence-electron chi connectivity index (χ3n) is 2.13. The summed E-state index contributed by atoms with van der Waals surface area (Å²) in [6, 6.07) is 1.96. The van der Waals surface area contributed by atoms with E-state index in [0.717, 1.165) is 20.1 Å². The van der Waals surface area contributed by atoms with Crippen molar-refractivity contribution in [3.05, 3.63) is 21.5 Å². The molecule has 0 spiro atoms. The zero-order valence-electron chi connectivity index (χ0n) is 7.80. The van der Waals surface area contributed by atoms with Gasteiger partial charge in [0.2, 0.25) is 0 Å². The average Bonchev–Trinajstić information content (AvgIpc) is 2.48. The summed E-state index contributed by atoms with van der Waals surface area (Å²) in [4.78, 5) is 0. The molecule has 2 rings (SSSR count). The second kappa shape index (κ2) is 3.44. The van der Waals surface area contributed by atoms with Crippen molar-refractivity contribution < 1.29 is 9.84 Å². The Kier molecular flexibility index (Phi) is 2.41. The van der Waals surface area contributed by atoms with Gasteiger partial charge in [-0.15, -0.1) is 11.3 Å². The molecular formula is C10H9BrO2S. The number of phenols is 1. The van der Waals surface area contributed by atoms with Gasteiger partial charge in [-0.05, 0) is 39.9 Å². The fourth-order valence-corrected chi connectivity index (χ4v) is 3.19. The minimum atomic E-state index is 0.218. The van der Waals surface area contributed by atoms with Crippen molar-refractivity contribution in [2.24, 2.45) is 0 Å². The van der Waals surface area contributed by atoms with Crippen molar-refractivity contribution >= 4 is 37.4 Å². The van der Waals surface area contributed by atoms with Gasteiger partial charge < -0.3 is 9.84 Å². The monoisotopic (exact) mass is 272 g/mol. The molecule has 0 aliphatic carbocycles. The van der Waals surface area contributed by atoms with Crippen LogP contribution in [0.4, 0.5) is 0 Å². The van der Waals surface area contributed by atoms with E-state index in [1.807, 2.05) is 18.4 Å². The highest BCUT2D eigenvalue weighted by Crippen LogP contribution is 2.44. The molecule has 0 unspecified atom stereocenters. The zero-order valence-corrected chi connectivity index (χ0v) is 10.2. The van der Waals surface area contributed by atoms with Crippen molar-refractivity contribution in [2.45, 2.75) is 6.92 Å². The molecule has 1 aromatic heterocycles. The summed E-state index contributed by atoms with van der Waals surface area (Å²) < 4.78 is 6.96. The minimum Gasteiger partial charge on any atom is -0.504 e. The summed E-state index contributed by atoms with van der Waals surface area (Å²) in [5, 5.41) is 12.9. The number of aromatic hydroxyl groups is 1. The number of rotatable bonds is 1. The quantitative estimate of drug-likeness (QED) is 0.858. The van der Waals surface area contributed by atoms with Crippen LogP contribution in [0, 0.1) is 6.92 Å². The molecule has 2 aromatic rings. The largest absolute Gasteiger partial charge is 0.504 e. The Labute approximate surface area is 94.3 Å². The molecule has 0 amide bonds. The number of thiophene rings is 1. The van der Waals surface area contributed by atoms with Crippen molar-refractivity contribution in [3.8, 4) is 11.5 Å². The van der Waals surface area contributed by atoms with Crippen LogP contribution in [0.2, 0.25) is 0 Å². The molecule has 1 heterocycles. The van der Waals surface area contributed by atoms with Crippen LogP contribution in [-0.4, -0.2) is 12.2 Å². The van der Waals surface area contributed by atoms with E-state index in [1.54, 1.807) is 18.4 Å². The van der Waals surface area contributed by atoms with Crippen LogP contribution >= 0.6 is 27.3 Å². The first-order valence-corrected chi connectivity index (χ1v) is 5.75. The summed E-state index contributed by atoms with van der Waals surface area (Å²) in [6.07, 6.45) is 0. The van der Waals surface area contributed by atoms with Crippen LogP contribution in [-0.2, 0) is 0 Å². The van der Waals surface area contributed by atoms with Gasteiger partial charge in [-0.25, -0.2) is 0 Å². The first-order valence-electron chi connectivity index (χ1n) is 4.08. The third kappa shape index (κ3) is 1.29. The number of hydrogen-bond acceptors (Lipinski definition) is 3. The van der Waals surface area contributed by atoms with Gasteiger partial charge in [0.1, 0.15) is 0 Å². The molecule has 74 valence electrons. The number of aryl methyl sites for hydroxylation is 1. The van der Waals surface area contributed by atoms with Gasteiger partial charge in [-0.3, -0.25) is 0 Å². The fourth-order valence-electron chi connectivity index (χ4n) is 1.48. The van der Waals surface area contributed by atoms with E-state index < -0.39 is 0 Å². The van der Waals surface area contributed by atoms with Crippen molar-refractivity contribution in [1.29, 1.82) is 0 Å². The highest BCUT2D eigenvalue weighted by Gasteiger charge is 2.14. The molecule has 0 bridgehead atoms. The highest BCUT2D eigenvalue weighted by molar-refractivity contribution is 9.10. The number of benzene rings is 1. The molecule has 0 atom stereocenters. The molecule has 1 aromatic carbocycles. The van der Waals surface area contributed by atoms with Gasteiger partial charge in [0, 0.05) is 10.1 Å². The summed E-state index contributed by atoms with van der Waals surface area (Å²) in [5.74, 6) is 0.717. The van der Waals surface area contributed by atoms with E-state index in [9.17, 15) is 5.11 Å². The standard InChI is InChI=1S/C10H9BrO2S/c1-5-4-14-7-3-6(11)10(13-2)9(12)8(5)7/h3-4,12H,1-2H3. The Balaban J connectivity index is 2.89. The van der Waals surface area contributed by atoms with Gasteiger partial charge in [-0.1, -0.05) is 0 Å². The Morgan fingerprint density at radius 3 is 2.86 bits per heavy atom. The van der Waals surface area contributed by atoms with Gasteiger partial charge in [-0.2, -0.15) is 0 Å². The number of ether oxygens (including phenoxy) is 1. The van der Waals surface area contributed by atoms with Gasteiger partial charge in [0.05, 0.1) is 11.6 Å². The summed E-state index contributed by atoms with van der Waals surface area (Å²) >= 11 is 4.98. The molecule has 0 saturated carbocycles. The Morgan fingerprint density at radius 2 is 2.21 bits per heavy atom. The maximum absolute atomic E-state index is 9.95. The smallest absolute Gasteiger partial charge is 0.175 e. The second-order valence-electron chi connectivity index (χ2n) is 3.03. The predicted molar refractivity (Wildman–Crippen MR) is 62.5 cm³/mol. The van der Waals surface area contributed by atoms with Crippen molar-refractivity contribution in [3.63, 3.8) is 0 Å². The minimum absolute atomic E-state index is 0.218. The molecule has 14 heavy (non-hydrogen) atoms. The molecule has 0 fully saturated rings. The lowest BCUT2D eigenvalue weighted by atomic mass is 10.1. The van der Waals surface area contributed by atoms with E-state index in [-0.39, 0.29) is 5.75 Å². The average molecular weight is 273 g/mol. The first-order chi connectivity index (χ1) is 6.65. The van der Waals surface area contributed by atoms with Crippen LogP contribution in [0.1, 0.15) is 5.56 Å². The number of halogens is 1. The molecule has 4 heteroatoms. The van der Waals surface area contributed by atoms with E-state index >= 15 is 0 Å². The van der Waals surface area contributed by atoms with E-state index in [4.69, 9.17) is 4.74 Å². The lowest BCUT2D eigenvalue weighted by molar-refractivity contribution is 0.374. The number of hydrogen-bond donors (Lipinski definition) is 1. The van der Waals surface area contributed by atoms with E-state index in [0.29, 0.717) is 5.75 Å². The third-order valence-corrected chi connectivity index (χ3v) is 3.77. The lowest BCUT2D eigenvalue weighted by Crippen LogP contribution is -1.85. The van der Waals surface area contributed by atoms with Crippen LogP contribution < -0.4 is 4.74 Å². The molecule has 0 radical (unpaired) electrons. The zero-order chi connectivity index (χ0) is 10.3. The van der Waals surface area contributed by atoms with Crippen LogP contribution in [0.3, 0.4) is 0 Å². The van der Waals surface area contributed by atoms with Gasteiger partial charge in [0.25, 0.3) is 0 Å². The molecule has 0 saturated heterocycles. The highest BCUT2D eigenvalue weighted by atomic mass is 79.9. The van der Waals surface area contributed by atoms with Crippen LogP contribution in [0.25, 0.3) is 10.1 Å². The second-order valence-corrected chi connectivity index (χ2v) is 4.80. The number of phenolic OH excluding ortho intramolecular Hbond substituents is 1. The SMILES string of the molecule is COc1c(Br)cc2scc(C)c2c1O. The molecule has 1 N–H and O–H groups in total. The van der Waals surface area contributed by atoms with E-state index in [1.165, 1.54) is 0 Å². The number of fused-ring (bicyclic) bond motifs is 1. The fraction of sp³-hybridized carbons (Fsp3) is 0.200. The Bertz CT molecular complexity index is 490. The molecular weight excluding hydrogens is 264 g/mol.